The lowest BCUT2D eigenvalue weighted by Crippen LogP contribution is -2.21. The van der Waals surface area contributed by atoms with Crippen molar-refractivity contribution >= 4 is 16.1 Å². The van der Waals surface area contributed by atoms with Gasteiger partial charge in [0.1, 0.15) is 0 Å². The molecular weight excluding hydrogens is 276 g/mol. The van der Waals surface area contributed by atoms with Crippen molar-refractivity contribution in [2.24, 2.45) is 4.40 Å². The van der Waals surface area contributed by atoms with E-state index in [1.807, 2.05) is 6.92 Å². The maximum absolute atomic E-state index is 11.1. The van der Waals surface area contributed by atoms with Crippen molar-refractivity contribution in [2.45, 2.75) is 32.6 Å². The predicted octanol–water partition coefficient (Wildman–Crippen LogP) is 2.37. The van der Waals surface area contributed by atoms with E-state index in [0.29, 0.717) is 0 Å². The summed E-state index contributed by atoms with van der Waals surface area (Å²) in [4.78, 5) is 12.2. The van der Waals surface area contributed by atoms with Crippen molar-refractivity contribution in [3.05, 3.63) is 29.8 Å². The lowest BCUT2D eigenvalue weighted by Gasteiger charge is -2.13. The molecule has 0 N–H and O–H groups in total. The third kappa shape index (κ3) is 6.61. The first-order valence-corrected chi connectivity index (χ1v) is 7.98. The number of carbonyl (C=O) groups excluding carboxylic acids is 1. The fraction of sp³-hybridized carbons (Fsp3) is 0.500. The van der Waals surface area contributed by atoms with Gasteiger partial charge in [-0.1, -0.05) is 42.9 Å². The monoisotopic (exact) mass is 298 g/mol. The van der Waals surface area contributed by atoms with Gasteiger partial charge in [-0.3, -0.25) is 0 Å². The van der Waals surface area contributed by atoms with Crippen LogP contribution in [-0.4, -0.2) is 39.0 Å². The lowest BCUT2D eigenvalue weighted by molar-refractivity contribution is 0.321. The first-order chi connectivity index (χ1) is 9.41. The van der Waals surface area contributed by atoms with Gasteiger partial charge in [0.2, 0.25) is 0 Å². The zero-order valence-electron chi connectivity index (χ0n) is 12.5. The Bertz CT molecular complexity index is 523. The fourth-order valence-electron chi connectivity index (χ4n) is 1.48. The Hall–Kier alpha value is -1.49. The van der Waals surface area contributed by atoms with Crippen LogP contribution in [0.15, 0.2) is 33.6 Å². The highest BCUT2D eigenvalue weighted by molar-refractivity contribution is 7.90. The molecule has 0 fully saturated rings. The summed E-state index contributed by atoms with van der Waals surface area (Å²) < 4.78 is 25.0. The molecule has 0 aliphatic rings. The summed E-state index contributed by atoms with van der Waals surface area (Å²) in [7, 11) is -3.83. The van der Waals surface area contributed by atoms with Crippen LogP contribution in [0, 0.1) is 6.92 Å². The summed E-state index contributed by atoms with van der Waals surface area (Å²) in [6.45, 7) is 12.0. The van der Waals surface area contributed by atoms with Gasteiger partial charge >= 0.3 is 0 Å². The summed E-state index contributed by atoms with van der Waals surface area (Å²) in [6, 6.07) is 6.05. The number of hydrogen-bond donors (Lipinski definition) is 0. The van der Waals surface area contributed by atoms with Crippen LogP contribution < -0.4 is 0 Å². The molecule has 112 valence electrons. The quantitative estimate of drug-likeness (QED) is 0.618. The van der Waals surface area contributed by atoms with E-state index in [0.717, 1.165) is 11.6 Å². The highest BCUT2D eigenvalue weighted by atomic mass is 32.2. The molecule has 0 bridgehead atoms. The Balaban J connectivity index is 0.000000441. The second-order valence-corrected chi connectivity index (χ2v) is 5.69. The van der Waals surface area contributed by atoms with Crippen LogP contribution in [0.1, 0.15) is 26.3 Å². The molecule has 0 spiro atoms. The molecule has 6 heteroatoms. The number of sulfonamides is 1. The zero-order valence-corrected chi connectivity index (χ0v) is 13.3. The van der Waals surface area contributed by atoms with Gasteiger partial charge in [-0.05, 0) is 38.7 Å². The summed E-state index contributed by atoms with van der Waals surface area (Å²) in [5.41, 5.74) is 0.939. The molecule has 0 atom stereocenters. The Morgan fingerprint density at radius 1 is 1.05 bits per heavy atom. The third-order valence-corrected chi connectivity index (χ3v) is 4.00. The van der Waals surface area contributed by atoms with Gasteiger partial charge in [0.05, 0.1) is 4.90 Å². The van der Waals surface area contributed by atoms with E-state index in [1.165, 1.54) is 31.8 Å². The average Bonchev–Trinajstić information content (AvgIpc) is 2.42. The van der Waals surface area contributed by atoms with Crippen molar-refractivity contribution in [3.8, 4) is 0 Å². The van der Waals surface area contributed by atoms with E-state index in [2.05, 4.69) is 30.1 Å². The van der Waals surface area contributed by atoms with Gasteiger partial charge in [-0.25, -0.2) is 4.79 Å². The number of isocyanates is 1. The Kier molecular flexibility index (Phi) is 8.72. The van der Waals surface area contributed by atoms with E-state index in [1.54, 1.807) is 12.1 Å². The number of nitrogens with zero attached hydrogens (tertiary/aromatic N) is 2. The van der Waals surface area contributed by atoms with Gasteiger partial charge in [0.15, 0.2) is 0 Å². The Labute approximate surface area is 121 Å². The van der Waals surface area contributed by atoms with E-state index >= 15 is 0 Å². The highest BCUT2D eigenvalue weighted by Crippen LogP contribution is 2.11. The molecule has 5 nitrogen and oxygen atoms in total. The molecule has 0 amide bonds. The molecule has 0 aliphatic carbocycles. The fourth-order valence-corrected chi connectivity index (χ4v) is 2.17. The molecule has 0 saturated carbocycles. The van der Waals surface area contributed by atoms with Gasteiger partial charge < -0.3 is 4.90 Å². The van der Waals surface area contributed by atoms with E-state index in [4.69, 9.17) is 0 Å². The molecule has 20 heavy (non-hydrogen) atoms. The van der Waals surface area contributed by atoms with Gasteiger partial charge in [0.25, 0.3) is 16.1 Å². The van der Waals surface area contributed by atoms with E-state index in [9.17, 15) is 13.2 Å². The number of hydrogen-bond acceptors (Lipinski definition) is 4. The first kappa shape index (κ1) is 18.5. The number of benzene rings is 1. The topological polar surface area (TPSA) is 66.8 Å². The average molecular weight is 298 g/mol. The number of rotatable bonds is 5. The van der Waals surface area contributed by atoms with Crippen LogP contribution in [0.4, 0.5) is 0 Å². The normalized spacial score (nSPS) is 10.4. The van der Waals surface area contributed by atoms with Crippen molar-refractivity contribution in [1.82, 2.24) is 4.90 Å². The summed E-state index contributed by atoms with van der Waals surface area (Å²) in [6.07, 6.45) is 1.01. The van der Waals surface area contributed by atoms with Crippen molar-refractivity contribution in [3.63, 3.8) is 0 Å². The SMILES string of the molecule is CCN(CC)CC.Cc1ccc(S(=O)(=O)N=C=O)cc1. The second-order valence-electron chi connectivity index (χ2n) is 4.09. The Morgan fingerprint density at radius 2 is 1.50 bits per heavy atom. The maximum atomic E-state index is 11.1. The van der Waals surface area contributed by atoms with Crippen LogP contribution in [0.3, 0.4) is 0 Å². The van der Waals surface area contributed by atoms with Crippen LogP contribution in [0.5, 0.6) is 0 Å². The zero-order chi connectivity index (χ0) is 15.6. The minimum absolute atomic E-state index is 0.00134. The number of aryl methyl sites for hydroxylation is 1. The molecular formula is C14H22N2O3S. The largest absolute Gasteiger partial charge is 0.304 e. The molecule has 0 heterocycles. The minimum Gasteiger partial charge on any atom is -0.304 e. The van der Waals surface area contributed by atoms with Crippen LogP contribution in [-0.2, 0) is 14.8 Å². The molecule has 0 aromatic heterocycles. The van der Waals surface area contributed by atoms with Gasteiger partial charge in [-0.15, -0.1) is 0 Å². The van der Waals surface area contributed by atoms with Crippen LogP contribution in [0.25, 0.3) is 0 Å². The van der Waals surface area contributed by atoms with Gasteiger partial charge in [-0.2, -0.15) is 8.42 Å². The van der Waals surface area contributed by atoms with Crippen LogP contribution in [0.2, 0.25) is 0 Å². The van der Waals surface area contributed by atoms with E-state index in [-0.39, 0.29) is 4.90 Å². The molecule has 0 aliphatic heterocycles. The second kappa shape index (κ2) is 9.42. The molecule has 1 aromatic rings. The molecule has 1 rings (SSSR count). The maximum Gasteiger partial charge on any atom is 0.292 e. The Morgan fingerprint density at radius 3 is 1.80 bits per heavy atom. The summed E-state index contributed by atoms with van der Waals surface area (Å²) >= 11 is 0. The minimum atomic E-state index is -3.83. The third-order valence-electron chi connectivity index (χ3n) is 2.82. The van der Waals surface area contributed by atoms with Crippen molar-refractivity contribution < 1.29 is 13.2 Å². The van der Waals surface area contributed by atoms with Crippen molar-refractivity contribution in [2.75, 3.05) is 19.6 Å². The smallest absolute Gasteiger partial charge is 0.292 e. The highest BCUT2D eigenvalue weighted by Gasteiger charge is 2.10. The predicted molar refractivity (Wildman–Crippen MR) is 79.9 cm³/mol. The van der Waals surface area contributed by atoms with E-state index < -0.39 is 10.0 Å². The molecule has 0 radical (unpaired) electrons. The summed E-state index contributed by atoms with van der Waals surface area (Å²) in [5.74, 6) is 0. The molecule has 0 unspecified atom stereocenters. The molecule has 0 saturated heterocycles. The summed E-state index contributed by atoms with van der Waals surface area (Å²) in [5, 5.41) is 0. The van der Waals surface area contributed by atoms with Gasteiger partial charge in [0, 0.05) is 0 Å². The lowest BCUT2D eigenvalue weighted by atomic mass is 10.2. The van der Waals surface area contributed by atoms with Crippen LogP contribution >= 0.6 is 0 Å². The van der Waals surface area contributed by atoms with Crippen molar-refractivity contribution in [1.29, 1.82) is 0 Å². The first-order valence-electron chi connectivity index (χ1n) is 6.54. The standard InChI is InChI=1S/C8H7NO3S.C6H15N/c1-7-2-4-8(5-3-7)13(11,12)9-6-10;1-4-7(5-2)6-3/h2-5H,1H3;4-6H2,1-3H3. The molecule has 1 aromatic carbocycles.